The maximum absolute atomic E-state index is 13.3. The second-order valence-corrected chi connectivity index (χ2v) is 7.81. The lowest BCUT2D eigenvalue weighted by Crippen LogP contribution is -2.38. The van der Waals surface area contributed by atoms with Crippen molar-refractivity contribution in [1.82, 2.24) is 14.9 Å². The molecule has 0 unspecified atom stereocenters. The maximum Gasteiger partial charge on any atom is 0.325 e. The van der Waals surface area contributed by atoms with Gasteiger partial charge in [-0.25, -0.2) is 0 Å². The molecule has 0 aliphatic heterocycles. The van der Waals surface area contributed by atoms with Crippen LogP contribution in [0, 0.1) is 0 Å². The number of carbonyl (C=O) groups is 2. The van der Waals surface area contributed by atoms with E-state index in [0.717, 1.165) is 15.6 Å². The predicted molar refractivity (Wildman–Crippen MR) is 122 cm³/mol. The Kier molecular flexibility index (Phi) is 7.77. The molecule has 3 aromatic rings. The highest BCUT2D eigenvalue weighted by Crippen LogP contribution is 2.16. The number of halogens is 1. The van der Waals surface area contributed by atoms with Crippen LogP contribution in [0.5, 0.6) is 5.88 Å². The molecular weight excluding hydrogens is 478 g/mol. The van der Waals surface area contributed by atoms with Crippen LogP contribution in [-0.4, -0.2) is 39.7 Å². The summed E-state index contributed by atoms with van der Waals surface area (Å²) in [6, 6.07) is 16.7. The lowest BCUT2D eigenvalue weighted by molar-refractivity contribution is -0.141. The Morgan fingerprint density at radius 1 is 1.09 bits per heavy atom. The Morgan fingerprint density at radius 3 is 2.44 bits per heavy atom. The van der Waals surface area contributed by atoms with Crippen LogP contribution in [-0.2, 0) is 22.5 Å². The molecule has 1 aromatic heterocycles. The van der Waals surface area contributed by atoms with Crippen molar-refractivity contribution >= 4 is 27.8 Å². The summed E-state index contributed by atoms with van der Waals surface area (Å²) in [5.41, 5.74) is 0.480. The minimum atomic E-state index is -0.899. The number of rotatable bonds is 8. The standard InChI is InChI=1S/C23H22BrN3O5/c1-2-32-19(28)13-25-21(29)20-22(30)26-18(12-15-6-4-3-5-7-15)27(23(20)31)14-16-8-10-17(24)11-9-16/h3-11,30H,2,12-14H2,1H3,(H,25,29). The summed E-state index contributed by atoms with van der Waals surface area (Å²) < 4.78 is 7.01. The Morgan fingerprint density at radius 2 is 1.78 bits per heavy atom. The van der Waals surface area contributed by atoms with Crippen LogP contribution in [0.4, 0.5) is 0 Å². The molecule has 0 fully saturated rings. The number of esters is 1. The van der Waals surface area contributed by atoms with Gasteiger partial charge in [0.05, 0.1) is 13.2 Å². The normalized spacial score (nSPS) is 10.6. The Bertz CT molecular complexity index is 1160. The number of aromatic hydroxyl groups is 1. The van der Waals surface area contributed by atoms with E-state index in [-0.39, 0.29) is 19.6 Å². The molecule has 2 N–H and O–H groups in total. The van der Waals surface area contributed by atoms with Gasteiger partial charge in [-0.05, 0) is 30.2 Å². The quantitative estimate of drug-likeness (QED) is 0.461. The van der Waals surface area contributed by atoms with Crippen molar-refractivity contribution in [2.45, 2.75) is 19.9 Å². The highest BCUT2D eigenvalue weighted by atomic mass is 79.9. The van der Waals surface area contributed by atoms with Gasteiger partial charge >= 0.3 is 5.97 Å². The van der Waals surface area contributed by atoms with Gasteiger partial charge in [-0.15, -0.1) is 0 Å². The topological polar surface area (TPSA) is 111 Å². The van der Waals surface area contributed by atoms with E-state index >= 15 is 0 Å². The SMILES string of the molecule is CCOC(=O)CNC(=O)c1c(O)nc(Cc2ccccc2)n(Cc2ccc(Br)cc2)c1=O. The Hall–Kier alpha value is -3.46. The second-order valence-electron chi connectivity index (χ2n) is 6.89. The Balaban J connectivity index is 2.00. The molecule has 1 heterocycles. The van der Waals surface area contributed by atoms with Crippen molar-refractivity contribution in [2.75, 3.05) is 13.2 Å². The zero-order valence-electron chi connectivity index (χ0n) is 17.4. The van der Waals surface area contributed by atoms with E-state index in [1.165, 1.54) is 4.57 Å². The first-order valence-electron chi connectivity index (χ1n) is 9.94. The number of hydrogen-bond donors (Lipinski definition) is 2. The molecule has 0 radical (unpaired) electrons. The highest BCUT2D eigenvalue weighted by Gasteiger charge is 2.23. The number of nitrogens with zero attached hydrogens (tertiary/aromatic N) is 2. The molecule has 1 amide bonds. The van der Waals surface area contributed by atoms with Gasteiger partial charge in [0.15, 0.2) is 5.56 Å². The smallest absolute Gasteiger partial charge is 0.325 e. The number of carbonyl (C=O) groups excluding carboxylic acids is 2. The molecule has 8 nitrogen and oxygen atoms in total. The van der Waals surface area contributed by atoms with E-state index < -0.39 is 35.4 Å². The zero-order valence-corrected chi connectivity index (χ0v) is 19.0. The summed E-state index contributed by atoms with van der Waals surface area (Å²) in [6.45, 7) is 1.53. The van der Waals surface area contributed by atoms with E-state index in [4.69, 9.17) is 4.74 Å². The molecule has 0 atom stereocenters. The number of ether oxygens (including phenoxy) is 1. The minimum Gasteiger partial charge on any atom is -0.493 e. The summed E-state index contributed by atoms with van der Waals surface area (Å²) in [5.74, 6) is -1.93. The fourth-order valence-electron chi connectivity index (χ4n) is 3.09. The summed E-state index contributed by atoms with van der Waals surface area (Å²) in [6.07, 6.45) is 0.283. The number of aromatic nitrogens is 2. The van der Waals surface area contributed by atoms with Crippen molar-refractivity contribution < 1.29 is 19.4 Å². The van der Waals surface area contributed by atoms with E-state index in [9.17, 15) is 19.5 Å². The van der Waals surface area contributed by atoms with Gasteiger partial charge in [-0.1, -0.05) is 58.4 Å². The number of hydrogen-bond acceptors (Lipinski definition) is 6. The first kappa shape index (κ1) is 23.2. The molecule has 0 aliphatic carbocycles. The molecule has 32 heavy (non-hydrogen) atoms. The first-order chi connectivity index (χ1) is 15.4. The molecule has 0 saturated carbocycles. The molecule has 2 aromatic carbocycles. The fourth-order valence-corrected chi connectivity index (χ4v) is 3.35. The van der Waals surface area contributed by atoms with Crippen LogP contribution in [0.2, 0.25) is 0 Å². The monoisotopic (exact) mass is 499 g/mol. The average Bonchev–Trinajstić information content (AvgIpc) is 2.77. The first-order valence-corrected chi connectivity index (χ1v) is 10.7. The highest BCUT2D eigenvalue weighted by molar-refractivity contribution is 9.10. The molecule has 0 bridgehead atoms. The molecular formula is C23H22BrN3O5. The maximum atomic E-state index is 13.3. The summed E-state index contributed by atoms with van der Waals surface area (Å²) >= 11 is 3.38. The van der Waals surface area contributed by atoms with Crippen molar-refractivity contribution in [1.29, 1.82) is 0 Å². The van der Waals surface area contributed by atoms with Crippen molar-refractivity contribution in [2.24, 2.45) is 0 Å². The van der Waals surface area contributed by atoms with Gasteiger partial charge in [0, 0.05) is 10.9 Å². The lowest BCUT2D eigenvalue weighted by Gasteiger charge is -2.15. The third-order valence-electron chi connectivity index (χ3n) is 4.61. The van der Waals surface area contributed by atoms with E-state index in [0.29, 0.717) is 5.82 Å². The van der Waals surface area contributed by atoms with Crippen LogP contribution in [0.15, 0.2) is 63.9 Å². The Labute approximate surface area is 193 Å². The predicted octanol–water partition coefficient (Wildman–Crippen LogP) is 2.64. The van der Waals surface area contributed by atoms with Gasteiger partial charge in [-0.3, -0.25) is 19.0 Å². The van der Waals surface area contributed by atoms with Crippen LogP contribution in [0.3, 0.4) is 0 Å². The van der Waals surface area contributed by atoms with Gasteiger partial charge < -0.3 is 15.2 Å². The number of benzene rings is 2. The third kappa shape index (κ3) is 5.82. The van der Waals surface area contributed by atoms with Gasteiger partial charge in [-0.2, -0.15) is 4.98 Å². The van der Waals surface area contributed by atoms with Crippen molar-refractivity contribution in [3.8, 4) is 5.88 Å². The van der Waals surface area contributed by atoms with E-state index in [1.54, 1.807) is 6.92 Å². The van der Waals surface area contributed by atoms with E-state index in [1.807, 2.05) is 54.6 Å². The fraction of sp³-hybridized carbons (Fsp3) is 0.217. The van der Waals surface area contributed by atoms with Crippen LogP contribution < -0.4 is 10.9 Å². The molecule has 9 heteroatoms. The molecule has 166 valence electrons. The second kappa shape index (κ2) is 10.7. The largest absolute Gasteiger partial charge is 0.493 e. The van der Waals surface area contributed by atoms with Gasteiger partial charge in [0.2, 0.25) is 5.88 Å². The van der Waals surface area contributed by atoms with E-state index in [2.05, 4.69) is 26.2 Å². The molecule has 0 saturated heterocycles. The molecule has 0 aliphatic rings. The van der Waals surface area contributed by atoms with Crippen LogP contribution in [0.1, 0.15) is 34.2 Å². The van der Waals surface area contributed by atoms with Crippen molar-refractivity contribution in [3.63, 3.8) is 0 Å². The summed E-state index contributed by atoms with van der Waals surface area (Å²) in [4.78, 5) is 41.5. The molecule has 3 rings (SSSR count). The summed E-state index contributed by atoms with van der Waals surface area (Å²) in [5, 5.41) is 12.7. The lowest BCUT2D eigenvalue weighted by atomic mass is 10.1. The minimum absolute atomic E-state index is 0.152. The zero-order chi connectivity index (χ0) is 23.1. The van der Waals surface area contributed by atoms with Gasteiger partial charge in [0.25, 0.3) is 11.5 Å². The number of nitrogens with one attached hydrogen (secondary N) is 1. The average molecular weight is 500 g/mol. The third-order valence-corrected chi connectivity index (χ3v) is 5.14. The molecule has 0 spiro atoms. The van der Waals surface area contributed by atoms with Crippen LogP contribution >= 0.6 is 15.9 Å². The number of amides is 1. The van der Waals surface area contributed by atoms with Crippen LogP contribution in [0.25, 0.3) is 0 Å². The van der Waals surface area contributed by atoms with Crippen molar-refractivity contribution in [3.05, 3.63) is 91.9 Å². The summed E-state index contributed by atoms with van der Waals surface area (Å²) in [7, 11) is 0. The van der Waals surface area contributed by atoms with Gasteiger partial charge in [0.1, 0.15) is 12.4 Å².